The fraction of sp³-hybridized carbons (Fsp3) is 0.208. The number of pyridine rings is 1. The van der Waals surface area contributed by atoms with Gasteiger partial charge in [0.05, 0.1) is 22.4 Å². The number of para-hydroxylation sites is 1. The molecule has 276 valence electrons. The second-order valence-electron chi connectivity index (χ2n) is 14.7. The summed E-state index contributed by atoms with van der Waals surface area (Å²) in [6, 6.07) is 33.8. The van der Waals surface area contributed by atoms with Gasteiger partial charge in [-0.3, -0.25) is 4.68 Å². The van der Waals surface area contributed by atoms with Gasteiger partial charge in [0.15, 0.2) is 0 Å². The normalized spacial score (nSPS) is 12.5. The molecule has 0 amide bonds. The number of hydrogen-bond acceptors (Lipinski definition) is 3. The average Bonchev–Trinajstić information content (AvgIpc) is 3.81. The Kier molecular flexibility index (Phi) is 8.48. The number of benzene rings is 5. The van der Waals surface area contributed by atoms with Gasteiger partial charge in [0, 0.05) is 48.0 Å². The van der Waals surface area contributed by atoms with E-state index in [-0.39, 0.29) is 21.1 Å². The van der Waals surface area contributed by atoms with Crippen molar-refractivity contribution in [1.29, 1.82) is 0 Å². The summed E-state index contributed by atoms with van der Waals surface area (Å²) in [6.45, 7) is 18.6. The first-order valence-corrected chi connectivity index (χ1v) is 18.4. The predicted molar refractivity (Wildman–Crippen MR) is 221 cm³/mol. The van der Waals surface area contributed by atoms with Crippen LogP contribution in [0.2, 0.25) is 0 Å². The van der Waals surface area contributed by atoms with E-state index in [4.69, 9.17) is 12.5 Å². The molecule has 7 heteroatoms. The van der Waals surface area contributed by atoms with Gasteiger partial charge in [-0.15, -0.1) is 35.7 Å². The van der Waals surface area contributed by atoms with Crippen molar-refractivity contribution in [3.05, 3.63) is 148 Å². The number of hydrogen-bond donors (Lipinski definition) is 0. The molecule has 0 saturated carbocycles. The Balaban J connectivity index is 0.00000455. The van der Waals surface area contributed by atoms with E-state index in [1.807, 2.05) is 32.2 Å². The molecule has 4 aromatic heterocycles. The number of aryl methyl sites for hydroxylation is 8. The predicted octanol–water partition coefficient (Wildman–Crippen LogP) is 11.9. The molecule has 0 spiro atoms. The Morgan fingerprint density at radius 1 is 0.691 bits per heavy atom. The summed E-state index contributed by atoms with van der Waals surface area (Å²) in [7, 11) is 0. The second kappa shape index (κ2) is 13.7. The number of nitrogens with zero attached hydrogens (tertiary/aromatic N) is 5. The van der Waals surface area contributed by atoms with Crippen LogP contribution in [-0.4, -0.2) is 23.9 Å². The standard InChI is InChI=1S/C48H43N5O.Pt/c1-10-35-22-36(53-33(8)21-32(7)50-53)24-38(23-35)54-37-19-20-40-39-13-11-12-14-41(39)51(42(40)25-37)48-34(9)45(31(6)26-49-48)52-46-29(4)17-15-27(2)43(46)44-28(3)16-18-30(5)47(44)52;/h11-23,26H,10H2,1-9H3;/q-2;+2/i10D2;. The topological polar surface area (TPSA) is 49.8 Å². The molecule has 0 atom stereocenters. The summed E-state index contributed by atoms with van der Waals surface area (Å²) < 4.78 is 30.1. The Hall–Kier alpha value is -5.45. The van der Waals surface area contributed by atoms with Crippen LogP contribution in [0.4, 0.5) is 0 Å². The van der Waals surface area contributed by atoms with Gasteiger partial charge in [-0.25, -0.2) is 4.98 Å². The van der Waals surface area contributed by atoms with Gasteiger partial charge in [0.25, 0.3) is 0 Å². The molecule has 0 bridgehead atoms. The molecule has 55 heavy (non-hydrogen) atoms. The van der Waals surface area contributed by atoms with Crippen LogP contribution in [0.25, 0.3) is 60.8 Å². The van der Waals surface area contributed by atoms with Gasteiger partial charge in [0.2, 0.25) is 0 Å². The van der Waals surface area contributed by atoms with Gasteiger partial charge < -0.3 is 13.9 Å². The fourth-order valence-corrected chi connectivity index (χ4v) is 8.41. The third-order valence-corrected chi connectivity index (χ3v) is 10.9. The molecule has 9 rings (SSSR count). The van der Waals surface area contributed by atoms with Crippen molar-refractivity contribution in [2.75, 3.05) is 0 Å². The van der Waals surface area contributed by atoms with Crippen molar-refractivity contribution in [3.8, 4) is 28.7 Å². The molecule has 6 nitrogen and oxygen atoms in total. The minimum absolute atomic E-state index is 0. The fourth-order valence-electron chi connectivity index (χ4n) is 8.41. The number of aromatic nitrogens is 5. The van der Waals surface area contributed by atoms with Crippen LogP contribution < -0.4 is 4.74 Å². The Labute approximate surface area is 339 Å². The van der Waals surface area contributed by atoms with Crippen LogP contribution in [0, 0.1) is 67.5 Å². The van der Waals surface area contributed by atoms with Crippen LogP contribution in [0.15, 0.2) is 85.1 Å². The summed E-state index contributed by atoms with van der Waals surface area (Å²) in [4.78, 5) is 5.17. The molecule has 0 saturated heterocycles. The summed E-state index contributed by atoms with van der Waals surface area (Å²) in [5.74, 6) is 1.68. The van der Waals surface area contributed by atoms with Crippen LogP contribution in [-0.2, 0) is 27.4 Å². The minimum atomic E-state index is -1.62. The third-order valence-electron chi connectivity index (χ3n) is 10.9. The zero-order valence-electron chi connectivity index (χ0n) is 34.5. The zero-order valence-corrected chi connectivity index (χ0v) is 34.8. The zero-order chi connectivity index (χ0) is 39.4. The van der Waals surface area contributed by atoms with Crippen molar-refractivity contribution in [2.24, 2.45) is 0 Å². The molecule has 0 aliphatic carbocycles. The van der Waals surface area contributed by atoms with Crippen molar-refractivity contribution < 1.29 is 28.5 Å². The van der Waals surface area contributed by atoms with E-state index in [9.17, 15) is 0 Å². The van der Waals surface area contributed by atoms with E-state index in [2.05, 4.69) is 123 Å². The molecular weight excluding hydrogens is 858 g/mol. The first kappa shape index (κ1) is 34.1. The number of fused-ring (bicyclic) bond motifs is 6. The first-order valence-electron chi connectivity index (χ1n) is 19.4. The molecule has 4 heterocycles. The van der Waals surface area contributed by atoms with Gasteiger partial charge in [-0.05, 0) is 106 Å². The maximum Gasteiger partial charge on any atom is 2.00 e. The largest absolute Gasteiger partial charge is 2.00 e. The summed E-state index contributed by atoms with van der Waals surface area (Å²) in [5, 5.41) is 9.34. The quantitative estimate of drug-likeness (QED) is 0.156. The van der Waals surface area contributed by atoms with E-state index >= 15 is 0 Å². The summed E-state index contributed by atoms with van der Waals surface area (Å²) in [5.41, 5.74) is 15.4. The molecular formula is C48H43N5OPt. The van der Waals surface area contributed by atoms with E-state index < -0.39 is 6.37 Å². The van der Waals surface area contributed by atoms with Crippen molar-refractivity contribution in [3.63, 3.8) is 0 Å². The Morgan fingerprint density at radius 2 is 1.36 bits per heavy atom. The van der Waals surface area contributed by atoms with Crippen LogP contribution in [0.5, 0.6) is 11.5 Å². The van der Waals surface area contributed by atoms with E-state index in [1.54, 1.807) is 23.7 Å². The van der Waals surface area contributed by atoms with Gasteiger partial charge >= 0.3 is 21.1 Å². The van der Waals surface area contributed by atoms with Gasteiger partial charge in [0.1, 0.15) is 5.82 Å². The Bertz CT molecular complexity index is 3030. The van der Waals surface area contributed by atoms with Crippen LogP contribution in [0.1, 0.15) is 60.0 Å². The third kappa shape index (κ3) is 5.73. The molecule has 0 unspecified atom stereocenters. The van der Waals surface area contributed by atoms with E-state index in [0.717, 1.165) is 55.8 Å². The Morgan fingerprint density at radius 3 is 2.02 bits per heavy atom. The number of rotatable bonds is 6. The van der Waals surface area contributed by atoms with Crippen molar-refractivity contribution >= 4 is 43.6 Å². The van der Waals surface area contributed by atoms with Crippen LogP contribution in [0.3, 0.4) is 0 Å². The maximum atomic E-state index is 8.55. The van der Waals surface area contributed by atoms with Crippen molar-refractivity contribution in [1.82, 2.24) is 23.9 Å². The maximum absolute atomic E-state index is 8.55. The molecule has 0 fully saturated rings. The second-order valence-corrected chi connectivity index (χ2v) is 14.7. The minimum Gasteiger partial charge on any atom is -0.509 e. The molecule has 0 aliphatic heterocycles. The monoisotopic (exact) mass is 902 g/mol. The summed E-state index contributed by atoms with van der Waals surface area (Å²) >= 11 is 0. The summed E-state index contributed by atoms with van der Waals surface area (Å²) in [6.07, 6.45) is 0.377. The first-order chi connectivity index (χ1) is 26.7. The smallest absolute Gasteiger partial charge is 0.509 e. The van der Waals surface area contributed by atoms with E-state index in [0.29, 0.717) is 22.7 Å². The molecule has 0 N–H and O–H groups in total. The molecule has 9 aromatic rings. The van der Waals surface area contributed by atoms with Gasteiger partial charge in [-0.2, -0.15) is 16.7 Å². The van der Waals surface area contributed by atoms with Gasteiger partial charge in [-0.1, -0.05) is 61.3 Å². The molecule has 5 aromatic carbocycles. The molecule has 0 radical (unpaired) electrons. The van der Waals surface area contributed by atoms with E-state index in [1.165, 1.54) is 44.1 Å². The van der Waals surface area contributed by atoms with Crippen LogP contribution >= 0.6 is 0 Å². The molecule has 0 aliphatic rings. The van der Waals surface area contributed by atoms with Crippen molar-refractivity contribution in [2.45, 2.75) is 68.7 Å². The number of ether oxygens (including phenoxy) is 1. The SMILES string of the molecule is [2H]C([2H])(C)c1cc(Oc2[c-]c3c(cc2)c2ccccc2n3-c2ncc(C)c(-n3c4c(C)ccc(C)c4c4c(C)ccc(C)c43)c2C)[c-]c(-n2nc(C)cc2C)c1.[Pt+2]. The average molecular weight is 903 g/mol.